The van der Waals surface area contributed by atoms with Crippen LogP contribution in [0.2, 0.25) is 4.34 Å². The van der Waals surface area contributed by atoms with E-state index in [1.807, 2.05) is 6.07 Å². The Morgan fingerprint density at radius 1 is 1.35 bits per heavy atom. The van der Waals surface area contributed by atoms with Crippen molar-refractivity contribution in [3.8, 4) is 0 Å². The quantitative estimate of drug-likeness (QED) is 0.878. The van der Waals surface area contributed by atoms with E-state index in [2.05, 4.69) is 5.32 Å². The molecular formula is C9H10ClF3N2OS. The van der Waals surface area contributed by atoms with Gasteiger partial charge in [0.2, 0.25) is 0 Å². The highest BCUT2D eigenvalue weighted by atomic mass is 35.5. The van der Waals surface area contributed by atoms with Gasteiger partial charge in [-0.3, -0.25) is 0 Å². The van der Waals surface area contributed by atoms with E-state index < -0.39 is 18.8 Å². The molecule has 0 aliphatic heterocycles. The van der Waals surface area contributed by atoms with Gasteiger partial charge >= 0.3 is 12.2 Å². The van der Waals surface area contributed by atoms with Crippen LogP contribution in [0.4, 0.5) is 18.0 Å². The summed E-state index contributed by atoms with van der Waals surface area (Å²) in [5.74, 6) is 0. The first kappa shape index (κ1) is 14.1. The van der Waals surface area contributed by atoms with Crippen LogP contribution in [0.1, 0.15) is 4.88 Å². The standard InChI is InChI=1S/C9H10ClF3N2OS/c10-7-2-1-6(17-7)3-4-14-8(16)15-5-9(11,12)13/h1-2H,3-5H2,(H2,14,15,16). The second-order valence-corrected chi connectivity index (χ2v) is 4.98. The predicted molar refractivity (Wildman–Crippen MR) is 60.5 cm³/mol. The molecule has 2 N–H and O–H groups in total. The molecule has 0 aromatic carbocycles. The third-order valence-electron chi connectivity index (χ3n) is 1.74. The summed E-state index contributed by atoms with van der Waals surface area (Å²) in [5.41, 5.74) is 0. The summed E-state index contributed by atoms with van der Waals surface area (Å²) in [6.07, 6.45) is -3.85. The molecule has 0 spiro atoms. The molecule has 0 fully saturated rings. The molecule has 2 amide bonds. The number of hydrogen-bond donors (Lipinski definition) is 2. The predicted octanol–water partition coefficient (Wildman–Crippen LogP) is 2.81. The minimum Gasteiger partial charge on any atom is -0.338 e. The Balaban J connectivity index is 2.16. The van der Waals surface area contributed by atoms with E-state index in [-0.39, 0.29) is 6.54 Å². The smallest absolute Gasteiger partial charge is 0.338 e. The summed E-state index contributed by atoms with van der Waals surface area (Å²) < 4.78 is 35.9. The largest absolute Gasteiger partial charge is 0.405 e. The molecule has 1 aromatic heterocycles. The summed E-state index contributed by atoms with van der Waals surface area (Å²) in [6.45, 7) is -1.07. The molecule has 0 radical (unpaired) electrons. The maximum Gasteiger partial charge on any atom is 0.405 e. The Bertz CT molecular complexity index is 381. The van der Waals surface area contributed by atoms with Crippen LogP contribution in [-0.4, -0.2) is 25.3 Å². The fourth-order valence-corrected chi connectivity index (χ4v) is 2.12. The van der Waals surface area contributed by atoms with Crippen molar-refractivity contribution in [3.05, 3.63) is 21.3 Å². The van der Waals surface area contributed by atoms with E-state index in [0.717, 1.165) is 4.88 Å². The van der Waals surface area contributed by atoms with E-state index in [9.17, 15) is 18.0 Å². The first-order valence-corrected chi connectivity index (χ1v) is 5.89. The van der Waals surface area contributed by atoms with Crippen molar-refractivity contribution in [2.45, 2.75) is 12.6 Å². The van der Waals surface area contributed by atoms with Crippen molar-refractivity contribution in [3.63, 3.8) is 0 Å². The number of nitrogens with one attached hydrogen (secondary N) is 2. The molecule has 0 atom stereocenters. The summed E-state index contributed by atoms with van der Waals surface area (Å²) in [4.78, 5) is 11.9. The highest BCUT2D eigenvalue weighted by Crippen LogP contribution is 2.21. The maximum atomic E-state index is 11.8. The van der Waals surface area contributed by atoms with Crippen LogP contribution < -0.4 is 10.6 Å². The number of halogens is 4. The topological polar surface area (TPSA) is 41.1 Å². The summed E-state index contributed by atoms with van der Waals surface area (Å²) in [6, 6.07) is 2.71. The van der Waals surface area contributed by atoms with Gasteiger partial charge in [-0.2, -0.15) is 13.2 Å². The number of thiophene rings is 1. The van der Waals surface area contributed by atoms with Crippen LogP contribution in [0, 0.1) is 0 Å². The Morgan fingerprint density at radius 3 is 2.59 bits per heavy atom. The fourth-order valence-electron chi connectivity index (χ4n) is 1.03. The van der Waals surface area contributed by atoms with E-state index in [4.69, 9.17) is 11.6 Å². The number of hydrogen-bond acceptors (Lipinski definition) is 2. The van der Waals surface area contributed by atoms with Crippen molar-refractivity contribution >= 4 is 29.0 Å². The fraction of sp³-hybridized carbons (Fsp3) is 0.444. The number of rotatable bonds is 4. The van der Waals surface area contributed by atoms with Gasteiger partial charge in [0.15, 0.2) is 0 Å². The highest BCUT2D eigenvalue weighted by molar-refractivity contribution is 7.16. The van der Waals surface area contributed by atoms with Crippen LogP contribution in [0.25, 0.3) is 0 Å². The van der Waals surface area contributed by atoms with Gasteiger partial charge in [-0.25, -0.2) is 4.79 Å². The SMILES string of the molecule is O=C(NCCc1ccc(Cl)s1)NCC(F)(F)F. The molecule has 1 rings (SSSR count). The molecule has 0 bridgehead atoms. The summed E-state index contributed by atoms with van der Waals surface area (Å²) >= 11 is 7.07. The lowest BCUT2D eigenvalue weighted by Crippen LogP contribution is -2.41. The lowest BCUT2D eigenvalue weighted by Gasteiger charge is -2.09. The van der Waals surface area contributed by atoms with Crippen LogP contribution in [-0.2, 0) is 6.42 Å². The van der Waals surface area contributed by atoms with E-state index in [0.29, 0.717) is 10.8 Å². The average Bonchev–Trinajstić information content (AvgIpc) is 2.60. The Kier molecular flexibility index (Phi) is 5.07. The lowest BCUT2D eigenvalue weighted by molar-refractivity contribution is -0.122. The Morgan fingerprint density at radius 2 is 2.06 bits per heavy atom. The number of carbonyl (C=O) groups excluding carboxylic acids is 1. The zero-order chi connectivity index (χ0) is 12.9. The van der Waals surface area contributed by atoms with Crippen molar-refractivity contribution < 1.29 is 18.0 Å². The van der Waals surface area contributed by atoms with Crippen LogP contribution in [0.15, 0.2) is 12.1 Å². The lowest BCUT2D eigenvalue weighted by atomic mass is 10.3. The number of carbonyl (C=O) groups is 1. The summed E-state index contributed by atoms with van der Waals surface area (Å²) in [7, 11) is 0. The molecular weight excluding hydrogens is 277 g/mol. The average molecular weight is 287 g/mol. The maximum absolute atomic E-state index is 11.8. The minimum atomic E-state index is -4.39. The highest BCUT2D eigenvalue weighted by Gasteiger charge is 2.27. The van der Waals surface area contributed by atoms with Crippen LogP contribution in [0.3, 0.4) is 0 Å². The van der Waals surface area contributed by atoms with Gasteiger partial charge in [-0.1, -0.05) is 11.6 Å². The zero-order valence-electron chi connectivity index (χ0n) is 8.60. The van der Waals surface area contributed by atoms with Crippen LogP contribution in [0.5, 0.6) is 0 Å². The molecule has 96 valence electrons. The first-order chi connectivity index (χ1) is 7.87. The number of alkyl halides is 3. The Labute approximate surface area is 105 Å². The second-order valence-electron chi connectivity index (χ2n) is 3.18. The molecule has 1 aromatic rings. The molecule has 0 unspecified atom stereocenters. The molecule has 1 heterocycles. The van der Waals surface area contributed by atoms with Gasteiger partial charge in [-0.15, -0.1) is 11.3 Å². The van der Waals surface area contributed by atoms with Crippen molar-refractivity contribution in [1.82, 2.24) is 10.6 Å². The molecule has 0 aliphatic carbocycles. The molecule has 17 heavy (non-hydrogen) atoms. The van der Waals surface area contributed by atoms with E-state index in [1.54, 1.807) is 11.4 Å². The monoisotopic (exact) mass is 286 g/mol. The van der Waals surface area contributed by atoms with E-state index >= 15 is 0 Å². The molecule has 0 saturated carbocycles. The van der Waals surface area contributed by atoms with E-state index in [1.165, 1.54) is 11.3 Å². The summed E-state index contributed by atoms with van der Waals surface area (Å²) in [5, 5.41) is 4.04. The van der Waals surface area contributed by atoms with Gasteiger partial charge in [0, 0.05) is 11.4 Å². The van der Waals surface area contributed by atoms with Crippen LogP contribution >= 0.6 is 22.9 Å². The number of urea groups is 1. The minimum absolute atomic E-state index is 0.264. The van der Waals surface area contributed by atoms with Gasteiger partial charge in [0.05, 0.1) is 4.34 Å². The van der Waals surface area contributed by atoms with Crippen molar-refractivity contribution in [2.24, 2.45) is 0 Å². The number of amides is 2. The normalized spacial score (nSPS) is 11.3. The third kappa shape index (κ3) is 6.38. The first-order valence-electron chi connectivity index (χ1n) is 4.69. The molecule has 3 nitrogen and oxygen atoms in total. The third-order valence-corrected chi connectivity index (χ3v) is 3.03. The zero-order valence-corrected chi connectivity index (χ0v) is 10.2. The van der Waals surface area contributed by atoms with Crippen molar-refractivity contribution in [2.75, 3.05) is 13.1 Å². The van der Waals surface area contributed by atoms with Crippen molar-refractivity contribution in [1.29, 1.82) is 0 Å². The second kappa shape index (κ2) is 6.11. The van der Waals surface area contributed by atoms with Gasteiger partial charge in [-0.05, 0) is 18.6 Å². The Hall–Kier alpha value is -0.950. The molecule has 8 heteroatoms. The van der Waals surface area contributed by atoms with Gasteiger partial charge in [0.1, 0.15) is 6.54 Å². The molecule has 0 saturated heterocycles. The van der Waals surface area contributed by atoms with Gasteiger partial charge < -0.3 is 10.6 Å². The van der Waals surface area contributed by atoms with Gasteiger partial charge in [0.25, 0.3) is 0 Å². The molecule has 0 aliphatic rings.